The maximum absolute atomic E-state index is 6.06. The number of fused-ring (bicyclic) bond motifs is 9. The fraction of sp³-hybridized carbons (Fsp3) is 0.0455. The van der Waals surface area contributed by atoms with Crippen LogP contribution in [0.15, 0.2) is 183 Å². The average Bonchev–Trinajstić information content (AvgIpc) is 3.87. The lowest BCUT2D eigenvalue weighted by Crippen LogP contribution is -2.20. The molecule has 0 N–H and O–H groups in total. The van der Waals surface area contributed by atoms with E-state index in [1.54, 1.807) is 6.26 Å². The first-order valence-electron chi connectivity index (χ1n) is 16.3. The summed E-state index contributed by atoms with van der Waals surface area (Å²) in [5.74, 6) is 1.11. The van der Waals surface area contributed by atoms with Crippen molar-refractivity contribution in [2.75, 3.05) is 4.90 Å². The van der Waals surface area contributed by atoms with Crippen molar-refractivity contribution in [1.82, 2.24) is 0 Å². The van der Waals surface area contributed by atoms with Gasteiger partial charge in [0.2, 0.25) is 0 Å². The molecule has 6 aromatic carbocycles. The number of benzene rings is 6. The minimum atomic E-state index is 0.290. The Labute approximate surface area is 282 Å². The smallest absolute Gasteiger partial charge is 0.173 e. The van der Waals surface area contributed by atoms with E-state index in [2.05, 4.69) is 151 Å². The van der Waals surface area contributed by atoms with Gasteiger partial charge in [0.1, 0.15) is 5.76 Å². The van der Waals surface area contributed by atoms with Crippen LogP contribution in [-0.2, 0) is 0 Å². The number of hydrogen-bond donors (Lipinski definition) is 0. The van der Waals surface area contributed by atoms with Gasteiger partial charge in [0.15, 0.2) is 11.2 Å². The summed E-state index contributed by atoms with van der Waals surface area (Å²) in [5.41, 5.74) is 9.77. The van der Waals surface area contributed by atoms with Crippen molar-refractivity contribution < 1.29 is 8.83 Å². The number of allylic oxidation sites excluding steroid dienone is 2. The summed E-state index contributed by atoms with van der Waals surface area (Å²) in [4.78, 5) is 3.78. The first-order valence-corrected chi connectivity index (χ1v) is 17.2. The molecule has 0 bridgehead atoms. The molecule has 10 rings (SSSR count). The van der Waals surface area contributed by atoms with Crippen LogP contribution >= 0.6 is 11.8 Å². The number of thioether (sulfide) groups is 1. The van der Waals surface area contributed by atoms with Crippen LogP contribution in [0.2, 0.25) is 0 Å². The van der Waals surface area contributed by atoms with Crippen molar-refractivity contribution in [2.45, 2.75) is 16.1 Å². The van der Waals surface area contributed by atoms with Gasteiger partial charge in [-0.1, -0.05) is 97.1 Å². The van der Waals surface area contributed by atoms with E-state index in [9.17, 15) is 0 Å². The highest BCUT2D eigenvalue weighted by Crippen LogP contribution is 2.55. The molecule has 0 spiro atoms. The Balaban J connectivity index is 1.06. The predicted molar refractivity (Wildman–Crippen MR) is 199 cm³/mol. The lowest BCUT2D eigenvalue weighted by Gasteiger charge is -2.30. The monoisotopic (exact) mass is 635 g/mol. The summed E-state index contributed by atoms with van der Waals surface area (Å²) in [6.45, 7) is 0. The molecule has 0 fully saturated rings. The fourth-order valence-corrected chi connectivity index (χ4v) is 8.98. The van der Waals surface area contributed by atoms with Gasteiger partial charge in [-0.3, -0.25) is 0 Å². The maximum Gasteiger partial charge on any atom is 0.173 e. The summed E-state index contributed by atoms with van der Waals surface area (Å²) in [7, 11) is 0. The molecule has 8 aromatic rings. The summed E-state index contributed by atoms with van der Waals surface area (Å²) in [6.07, 6.45) is 8.88. The van der Waals surface area contributed by atoms with Gasteiger partial charge in [0, 0.05) is 50.8 Å². The second-order valence-corrected chi connectivity index (χ2v) is 13.6. The largest absolute Gasteiger partial charge is 0.461 e. The van der Waals surface area contributed by atoms with Crippen molar-refractivity contribution in [3.8, 4) is 22.5 Å². The third-order valence-corrected chi connectivity index (χ3v) is 11.1. The van der Waals surface area contributed by atoms with Crippen molar-refractivity contribution in [2.24, 2.45) is 0 Å². The van der Waals surface area contributed by atoms with E-state index in [1.807, 2.05) is 23.9 Å². The molecule has 2 unspecified atom stereocenters. The van der Waals surface area contributed by atoms with Crippen LogP contribution in [0, 0.1) is 0 Å². The van der Waals surface area contributed by atoms with Gasteiger partial charge >= 0.3 is 0 Å². The summed E-state index contributed by atoms with van der Waals surface area (Å²) >= 11 is 2.00. The molecule has 2 aromatic heterocycles. The summed E-state index contributed by atoms with van der Waals surface area (Å²) in [5, 5.41) is 5.67. The molecule has 3 nitrogen and oxygen atoms in total. The van der Waals surface area contributed by atoms with Crippen molar-refractivity contribution in [1.29, 1.82) is 0 Å². The van der Waals surface area contributed by atoms with Gasteiger partial charge in [0.25, 0.3) is 0 Å². The van der Waals surface area contributed by atoms with Crippen LogP contribution in [0.5, 0.6) is 0 Å². The average molecular weight is 636 g/mol. The molecule has 3 heterocycles. The summed E-state index contributed by atoms with van der Waals surface area (Å²) in [6, 6.07) is 49.7. The van der Waals surface area contributed by atoms with Crippen LogP contribution in [0.1, 0.15) is 11.5 Å². The van der Waals surface area contributed by atoms with Crippen molar-refractivity contribution in [3.63, 3.8) is 0 Å². The molecule has 0 saturated carbocycles. The molecular weight excluding hydrogens is 607 g/mol. The normalized spacial score (nSPS) is 16.7. The molecule has 1 aliphatic carbocycles. The van der Waals surface area contributed by atoms with Crippen LogP contribution in [0.4, 0.5) is 11.4 Å². The zero-order chi connectivity index (χ0) is 31.6. The van der Waals surface area contributed by atoms with E-state index in [4.69, 9.17) is 8.83 Å². The number of anilines is 2. The molecule has 228 valence electrons. The molecule has 4 heteroatoms. The second kappa shape index (κ2) is 10.9. The quantitative estimate of drug-likeness (QED) is 0.176. The van der Waals surface area contributed by atoms with Crippen LogP contribution in [-0.4, -0.2) is 5.25 Å². The lowest BCUT2D eigenvalue weighted by molar-refractivity contribution is 0.612. The maximum atomic E-state index is 6.06. The van der Waals surface area contributed by atoms with Crippen LogP contribution in [0.3, 0.4) is 0 Å². The molecule has 1 aliphatic heterocycles. The highest BCUT2D eigenvalue weighted by atomic mass is 32.2. The molecule has 48 heavy (non-hydrogen) atoms. The van der Waals surface area contributed by atoms with E-state index in [0.29, 0.717) is 5.92 Å². The highest BCUT2D eigenvalue weighted by Gasteiger charge is 2.36. The Bertz CT molecular complexity index is 2510. The Morgan fingerprint density at radius 1 is 0.562 bits per heavy atom. The number of rotatable bonds is 5. The molecular formula is C44H29NO2S. The minimum absolute atomic E-state index is 0.290. The van der Waals surface area contributed by atoms with Crippen molar-refractivity contribution in [3.05, 3.63) is 175 Å². The summed E-state index contributed by atoms with van der Waals surface area (Å²) < 4.78 is 11.6. The Morgan fingerprint density at radius 3 is 1.92 bits per heavy atom. The molecule has 2 aliphatic rings. The standard InChI is InChI=1S/C44H29NO2S/c1-2-8-28(9-3-1)29-14-18-31(19-15-29)45(32-20-16-30(17-21-32)40-27-41-39(47-40)24-25-46-41)33-22-23-38-42(26-33)48-44-37-13-7-5-11-35(37)34-10-4-6-12-36(34)43(38)44/h1-27,38,42H. The van der Waals surface area contributed by atoms with Crippen LogP contribution < -0.4 is 4.90 Å². The number of hydrogen-bond acceptors (Lipinski definition) is 4. The van der Waals surface area contributed by atoms with E-state index in [1.165, 1.54) is 48.8 Å². The first kappa shape index (κ1) is 27.4. The van der Waals surface area contributed by atoms with E-state index < -0.39 is 0 Å². The Morgan fingerprint density at radius 2 is 1.19 bits per heavy atom. The van der Waals surface area contributed by atoms with E-state index >= 15 is 0 Å². The van der Waals surface area contributed by atoms with Gasteiger partial charge < -0.3 is 13.7 Å². The zero-order valence-corrected chi connectivity index (χ0v) is 26.7. The van der Waals surface area contributed by atoms with Gasteiger partial charge in [-0.15, -0.1) is 11.8 Å². The van der Waals surface area contributed by atoms with Crippen LogP contribution in [0.25, 0.3) is 55.2 Å². The third-order valence-electron chi connectivity index (χ3n) is 9.71. The molecule has 0 saturated heterocycles. The van der Waals surface area contributed by atoms with Crippen molar-refractivity contribution >= 4 is 55.8 Å². The number of furan rings is 2. The molecule has 0 radical (unpaired) electrons. The fourth-order valence-electron chi connectivity index (χ4n) is 7.45. The number of nitrogens with zero attached hydrogens (tertiary/aromatic N) is 1. The van der Waals surface area contributed by atoms with Gasteiger partial charge in [-0.2, -0.15) is 0 Å². The van der Waals surface area contributed by atoms with E-state index in [-0.39, 0.29) is 5.25 Å². The Hall–Kier alpha value is -5.71. The van der Waals surface area contributed by atoms with Gasteiger partial charge in [-0.25, -0.2) is 0 Å². The minimum Gasteiger partial charge on any atom is -0.461 e. The predicted octanol–water partition coefficient (Wildman–Crippen LogP) is 12.5. The molecule has 0 amide bonds. The SMILES string of the molecule is C1=CC2c3c(c4ccccc4c4ccccc34)SC2C=C1N(c1ccc(-c2ccccc2)cc1)c1ccc(-c2cc3occc3o2)cc1. The Kier molecular flexibility index (Phi) is 6.24. The first-order chi connectivity index (χ1) is 23.8. The molecule has 2 atom stereocenters. The van der Waals surface area contributed by atoms with E-state index in [0.717, 1.165) is 33.9 Å². The third kappa shape index (κ3) is 4.37. The van der Waals surface area contributed by atoms with Gasteiger partial charge in [-0.05, 0) is 86.8 Å². The lowest BCUT2D eigenvalue weighted by atomic mass is 9.86. The second-order valence-electron chi connectivity index (χ2n) is 12.4. The zero-order valence-electron chi connectivity index (χ0n) is 25.9. The van der Waals surface area contributed by atoms with Gasteiger partial charge in [0.05, 0.1) is 6.26 Å². The topological polar surface area (TPSA) is 29.5 Å². The highest BCUT2D eigenvalue weighted by molar-refractivity contribution is 8.00.